The molecular formula is C13H15F2NO. The second-order valence-corrected chi connectivity index (χ2v) is 4.47. The van der Waals surface area contributed by atoms with Crippen molar-refractivity contribution in [2.75, 3.05) is 6.54 Å². The maximum Gasteiger partial charge on any atom is 0.257 e. The largest absolute Gasteiger partial charge is 0.336 e. The van der Waals surface area contributed by atoms with Crippen molar-refractivity contribution >= 4 is 5.91 Å². The third-order valence-corrected chi connectivity index (χ3v) is 3.23. The van der Waals surface area contributed by atoms with Gasteiger partial charge in [0.05, 0.1) is 5.56 Å². The summed E-state index contributed by atoms with van der Waals surface area (Å²) in [4.78, 5) is 13.8. The quantitative estimate of drug-likeness (QED) is 0.737. The van der Waals surface area contributed by atoms with E-state index < -0.39 is 11.6 Å². The van der Waals surface area contributed by atoms with Crippen LogP contribution in [0.2, 0.25) is 0 Å². The third kappa shape index (κ3) is 2.46. The van der Waals surface area contributed by atoms with Crippen LogP contribution < -0.4 is 0 Å². The maximum atomic E-state index is 13.5. The standard InChI is InChI=1S/C13H15F2NO/c1-9-4-2-3-7-16(9)13(17)11-6-5-10(14)8-12(11)15/h5-6,8-9H,2-4,7H2,1H3. The maximum absolute atomic E-state index is 13.5. The number of carbonyl (C=O) groups excluding carboxylic acids is 1. The zero-order chi connectivity index (χ0) is 12.4. The molecule has 1 fully saturated rings. The molecule has 1 saturated heterocycles. The lowest BCUT2D eigenvalue weighted by atomic mass is 10.0. The summed E-state index contributed by atoms with van der Waals surface area (Å²) >= 11 is 0. The van der Waals surface area contributed by atoms with Gasteiger partial charge in [-0.25, -0.2) is 8.78 Å². The molecule has 17 heavy (non-hydrogen) atoms. The van der Waals surface area contributed by atoms with Gasteiger partial charge in [-0.1, -0.05) is 0 Å². The molecule has 2 rings (SSSR count). The Morgan fingerprint density at radius 3 is 2.76 bits per heavy atom. The molecule has 1 aliphatic heterocycles. The van der Waals surface area contributed by atoms with Gasteiger partial charge in [-0.2, -0.15) is 0 Å². The van der Waals surface area contributed by atoms with Crippen LogP contribution in [0.1, 0.15) is 36.5 Å². The number of nitrogens with zero attached hydrogens (tertiary/aromatic N) is 1. The van der Waals surface area contributed by atoms with Crippen LogP contribution in [0.4, 0.5) is 8.78 Å². The molecule has 2 nitrogen and oxygen atoms in total. The summed E-state index contributed by atoms with van der Waals surface area (Å²) < 4.78 is 26.3. The van der Waals surface area contributed by atoms with Gasteiger partial charge in [0, 0.05) is 18.7 Å². The van der Waals surface area contributed by atoms with E-state index in [1.165, 1.54) is 6.07 Å². The molecule has 0 bridgehead atoms. The first-order valence-electron chi connectivity index (χ1n) is 5.85. The molecule has 1 atom stereocenters. The van der Waals surface area contributed by atoms with Gasteiger partial charge in [0.2, 0.25) is 0 Å². The highest BCUT2D eigenvalue weighted by Crippen LogP contribution is 2.20. The van der Waals surface area contributed by atoms with Gasteiger partial charge >= 0.3 is 0 Å². The minimum Gasteiger partial charge on any atom is -0.336 e. The molecule has 92 valence electrons. The first kappa shape index (κ1) is 12.0. The Hall–Kier alpha value is -1.45. The fourth-order valence-electron chi connectivity index (χ4n) is 2.22. The molecule has 4 heteroatoms. The Morgan fingerprint density at radius 2 is 2.12 bits per heavy atom. The lowest BCUT2D eigenvalue weighted by Gasteiger charge is -2.33. The van der Waals surface area contributed by atoms with Crippen molar-refractivity contribution in [3.05, 3.63) is 35.4 Å². The molecule has 1 amide bonds. The Kier molecular flexibility index (Phi) is 3.41. The predicted molar refractivity (Wildman–Crippen MR) is 60.7 cm³/mol. The summed E-state index contributed by atoms with van der Waals surface area (Å²) in [5, 5.41) is 0. The van der Waals surface area contributed by atoms with Crippen molar-refractivity contribution in [2.24, 2.45) is 0 Å². The van der Waals surface area contributed by atoms with Crippen LogP contribution in [-0.2, 0) is 0 Å². The van der Waals surface area contributed by atoms with Gasteiger partial charge < -0.3 is 4.90 Å². The molecule has 0 spiro atoms. The van der Waals surface area contributed by atoms with E-state index in [9.17, 15) is 13.6 Å². The number of likely N-dealkylation sites (tertiary alicyclic amines) is 1. The fourth-order valence-corrected chi connectivity index (χ4v) is 2.22. The van der Waals surface area contributed by atoms with E-state index in [1.807, 2.05) is 6.92 Å². The molecule has 1 aromatic rings. The van der Waals surface area contributed by atoms with Crippen LogP contribution >= 0.6 is 0 Å². The number of halogens is 2. The first-order chi connectivity index (χ1) is 8.09. The average Bonchev–Trinajstić information content (AvgIpc) is 2.29. The molecule has 0 aromatic heterocycles. The van der Waals surface area contributed by atoms with E-state index in [1.54, 1.807) is 4.90 Å². The summed E-state index contributed by atoms with van der Waals surface area (Å²) in [6, 6.07) is 3.21. The molecule has 1 unspecified atom stereocenters. The zero-order valence-electron chi connectivity index (χ0n) is 9.75. The zero-order valence-corrected chi connectivity index (χ0v) is 9.75. The van der Waals surface area contributed by atoms with E-state index in [4.69, 9.17) is 0 Å². The number of piperidine rings is 1. The van der Waals surface area contributed by atoms with Crippen molar-refractivity contribution in [2.45, 2.75) is 32.2 Å². The summed E-state index contributed by atoms with van der Waals surface area (Å²) in [6.45, 7) is 2.61. The number of amides is 1. The molecule has 1 heterocycles. The number of hydrogen-bond acceptors (Lipinski definition) is 1. The summed E-state index contributed by atoms with van der Waals surface area (Å²) in [6.07, 6.45) is 2.98. The normalized spacial score (nSPS) is 20.4. The molecule has 0 aliphatic carbocycles. The SMILES string of the molecule is CC1CCCCN1C(=O)c1ccc(F)cc1F. The van der Waals surface area contributed by atoms with Gasteiger partial charge in [0.15, 0.2) is 0 Å². The van der Waals surface area contributed by atoms with Crippen LogP contribution in [0.5, 0.6) is 0 Å². The van der Waals surface area contributed by atoms with Crippen LogP contribution in [0.3, 0.4) is 0 Å². The number of rotatable bonds is 1. The van der Waals surface area contributed by atoms with Gasteiger partial charge in [-0.3, -0.25) is 4.79 Å². The summed E-state index contributed by atoms with van der Waals surface area (Å²) in [7, 11) is 0. The lowest BCUT2D eigenvalue weighted by Crippen LogP contribution is -2.42. The Morgan fingerprint density at radius 1 is 1.35 bits per heavy atom. The van der Waals surface area contributed by atoms with E-state index in [0.717, 1.165) is 31.4 Å². The molecule has 0 saturated carbocycles. The van der Waals surface area contributed by atoms with Gasteiger partial charge in [-0.15, -0.1) is 0 Å². The minimum atomic E-state index is -0.784. The monoisotopic (exact) mass is 239 g/mol. The van der Waals surface area contributed by atoms with Gasteiger partial charge in [0.1, 0.15) is 11.6 Å². The minimum absolute atomic E-state index is 0.0415. The van der Waals surface area contributed by atoms with Crippen LogP contribution in [0.25, 0.3) is 0 Å². The fraction of sp³-hybridized carbons (Fsp3) is 0.462. The van der Waals surface area contributed by atoms with E-state index in [0.29, 0.717) is 6.54 Å². The number of benzene rings is 1. The van der Waals surface area contributed by atoms with Crippen molar-refractivity contribution < 1.29 is 13.6 Å². The van der Waals surface area contributed by atoms with E-state index in [-0.39, 0.29) is 17.5 Å². The lowest BCUT2D eigenvalue weighted by molar-refractivity contribution is 0.0630. The van der Waals surface area contributed by atoms with Crippen LogP contribution in [0.15, 0.2) is 18.2 Å². The molecular weight excluding hydrogens is 224 g/mol. The Labute approximate surface area is 99.2 Å². The van der Waals surface area contributed by atoms with Crippen molar-refractivity contribution in [1.82, 2.24) is 4.90 Å². The summed E-state index contributed by atoms with van der Waals surface area (Å²) in [5.74, 6) is -1.78. The highest BCUT2D eigenvalue weighted by molar-refractivity contribution is 5.94. The highest BCUT2D eigenvalue weighted by atomic mass is 19.1. The molecule has 0 N–H and O–H groups in total. The van der Waals surface area contributed by atoms with Crippen molar-refractivity contribution in [1.29, 1.82) is 0 Å². The third-order valence-electron chi connectivity index (χ3n) is 3.23. The second-order valence-electron chi connectivity index (χ2n) is 4.47. The van der Waals surface area contributed by atoms with Gasteiger partial charge in [-0.05, 0) is 38.3 Å². The number of carbonyl (C=O) groups is 1. The van der Waals surface area contributed by atoms with Crippen molar-refractivity contribution in [3.8, 4) is 0 Å². The molecule has 0 radical (unpaired) electrons. The average molecular weight is 239 g/mol. The van der Waals surface area contributed by atoms with Crippen LogP contribution in [-0.4, -0.2) is 23.4 Å². The first-order valence-corrected chi connectivity index (χ1v) is 5.85. The predicted octanol–water partition coefficient (Wildman–Crippen LogP) is 2.98. The number of hydrogen-bond donors (Lipinski definition) is 0. The van der Waals surface area contributed by atoms with E-state index in [2.05, 4.69) is 0 Å². The van der Waals surface area contributed by atoms with E-state index >= 15 is 0 Å². The highest BCUT2D eigenvalue weighted by Gasteiger charge is 2.26. The molecule has 1 aromatic carbocycles. The Bertz CT molecular complexity index is 433. The van der Waals surface area contributed by atoms with Gasteiger partial charge in [0.25, 0.3) is 5.91 Å². The second kappa shape index (κ2) is 4.82. The molecule has 1 aliphatic rings. The summed E-state index contributed by atoms with van der Waals surface area (Å²) in [5.41, 5.74) is -0.0415. The topological polar surface area (TPSA) is 20.3 Å². The van der Waals surface area contributed by atoms with Crippen LogP contribution in [0, 0.1) is 11.6 Å². The Balaban J connectivity index is 2.24. The van der Waals surface area contributed by atoms with Crippen molar-refractivity contribution in [3.63, 3.8) is 0 Å². The smallest absolute Gasteiger partial charge is 0.257 e.